The second kappa shape index (κ2) is 7.44. The molecule has 1 aromatic carbocycles. The lowest BCUT2D eigenvalue weighted by Gasteiger charge is -2.41. The third-order valence-electron chi connectivity index (χ3n) is 6.15. The smallest absolute Gasteiger partial charge is 0.263 e. The molecule has 1 aromatic heterocycles. The van der Waals surface area contributed by atoms with Crippen molar-refractivity contribution in [1.82, 2.24) is 9.55 Å². The highest BCUT2D eigenvalue weighted by atomic mass is 79.9. The molecule has 1 atom stereocenters. The minimum Gasteiger partial charge on any atom is -0.379 e. The van der Waals surface area contributed by atoms with Crippen molar-refractivity contribution in [2.24, 2.45) is 11.1 Å². The molecule has 0 unspecified atom stereocenters. The van der Waals surface area contributed by atoms with Gasteiger partial charge in [0.1, 0.15) is 11.6 Å². The average Bonchev–Trinajstić information content (AvgIpc) is 3.02. The highest BCUT2D eigenvalue weighted by Crippen LogP contribution is 2.39. The Kier molecular flexibility index (Phi) is 5.29. The number of benzene rings is 1. The van der Waals surface area contributed by atoms with Gasteiger partial charge in [0.15, 0.2) is 0 Å². The summed E-state index contributed by atoms with van der Waals surface area (Å²) in [5.41, 5.74) is 7.62. The van der Waals surface area contributed by atoms with E-state index in [1.165, 1.54) is 0 Å². The molecule has 2 saturated heterocycles. The molecule has 0 bridgehead atoms. The van der Waals surface area contributed by atoms with Crippen LogP contribution in [0.2, 0.25) is 5.02 Å². The zero-order valence-electron chi connectivity index (χ0n) is 16.0. The maximum absolute atomic E-state index is 13.2. The third kappa shape index (κ3) is 3.18. The summed E-state index contributed by atoms with van der Waals surface area (Å²) in [5, 5.41) is 0.557. The summed E-state index contributed by atoms with van der Waals surface area (Å²) >= 11 is 9.71. The number of anilines is 1. The fraction of sp³-hybridized carbons (Fsp3) is 0.500. The Morgan fingerprint density at radius 1 is 1.32 bits per heavy atom. The monoisotopic (exact) mass is 466 g/mol. The van der Waals surface area contributed by atoms with Crippen molar-refractivity contribution in [2.45, 2.75) is 32.7 Å². The molecule has 0 amide bonds. The molecule has 0 saturated carbocycles. The highest BCUT2D eigenvalue weighted by molar-refractivity contribution is 9.10. The standard InChI is InChI=1S/C20H24BrClN4O2/c1-12-18(25-8-6-20(7-9-25)11-28-10-16(20)23)24-13(2)26(19(12)27)15-5-3-4-14(22)17(15)21/h3-5,16H,6-11,23H2,1-2H3/t16-/m1/s1. The number of piperidine rings is 1. The van der Waals surface area contributed by atoms with Gasteiger partial charge in [-0.15, -0.1) is 0 Å². The Morgan fingerprint density at radius 3 is 2.68 bits per heavy atom. The lowest BCUT2D eigenvalue weighted by Crippen LogP contribution is -2.49. The van der Waals surface area contributed by atoms with Crippen LogP contribution in [0.4, 0.5) is 5.82 Å². The Labute approximate surface area is 177 Å². The van der Waals surface area contributed by atoms with E-state index < -0.39 is 0 Å². The van der Waals surface area contributed by atoms with Crippen molar-refractivity contribution in [3.63, 3.8) is 0 Å². The van der Waals surface area contributed by atoms with E-state index in [9.17, 15) is 4.79 Å². The molecule has 28 heavy (non-hydrogen) atoms. The van der Waals surface area contributed by atoms with Gasteiger partial charge in [0, 0.05) is 24.5 Å². The number of hydrogen-bond donors (Lipinski definition) is 1. The minimum atomic E-state index is -0.0772. The van der Waals surface area contributed by atoms with Gasteiger partial charge in [-0.2, -0.15) is 0 Å². The Bertz CT molecular complexity index is 969. The van der Waals surface area contributed by atoms with Gasteiger partial charge in [-0.3, -0.25) is 9.36 Å². The van der Waals surface area contributed by atoms with Crippen molar-refractivity contribution in [2.75, 3.05) is 31.2 Å². The molecular weight excluding hydrogens is 444 g/mol. The van der Waals surface area contributed by atoms with Crippen LogP contribution in [-0.2, 0) is 4.74 Å². The summed E-state index contributed by atoms with van der Waals surface area (Å²) in [5.74, 6) is 1.40. The molecule has 2 fully saturated rings. The van der Waals surface area contributed by atoms with Crippen LogP contribution in [0.5, 0.6) is 0 Å². The quantitative estimate of drug-likeness (QED) is 0.734. The minimum absolute atomic E-state index is 0.0695. The molecule has 6 nitrogen and oxygen atoms in total. The van der Waals surface area contributed by atoms with E-state index in [1.54, 1.807) is 10.6 Å². The van der Waals surface area contributed by atoms with E-state index in [2.05, 4.69) is 20.8 Å². The lowest BCUT2D eigenvalue weighted by molar-refractivity contribution is 0.131. The fourth-order valence-electron chi connectivity index (χ4n) is 4.31. The number of nitrogens with zero attached hydrogens (tertiary/aromatic N) is 3. The molecule has 150 valence electrons. The van der Waals surface area contributed by atoms with E-state index in [-0.39, 0.29) is 17.0 Å². The Balaban J connectivity index is 1.68. The average molecular weight is 468 g/mol. The normalized spacial score (nSPS) is 21.5. The molecule has 2 aromatic rings. The van der Waals surface area contributed by atoms with Crippen LogP contribution in [0, 0.1) is 19.3 Å². The molecule has 1 spiro atoms. The predicted molar refractivity (Wildman–Crippen MR) is 115 cm³/mol. The fourth-order valence-corrected chi connectivity index (χ4v) is 4.92. The highest BCUT2D eigenvalue weighted by Gasteiger charge is 2.44. The number of halogens is 2. The van der Waals surface area contributed by atoms with Gasteiger partial charge in [-0.1, -0.05) is 17.7 Å². The largest absolute Gasteiger partial charge is 0.379 e. The molecular formula is C20H24BrClN4O2. The van der Waals surface area contributed by atoms with Crippen LogP contribution in [0.15, 0.2) is 27.5 Å². The molecule has 2 N–H and O–H groups in total. The van der Waals surface area contributed by atoms with Crippen molar-refractivity contribution >= 4 is 33.3 Å². The van der Waals surface area contributed by atoms with E-state index in [4.69, 9.17) is 27.1 Å². The van der Waals surface area contributed by atoms with Crippen molar-refractivity contribution in [3.05, 3.63) is 49.4 Å². The summed E-state index contributed by atoms with van der Waals surface area (Å²) in [6.45, 7) is 6.72. The molecule has 8 heteroatoms. The summed E-state index contributed by atoms with van der Waals surface area (Å²) < 4.78 is 7.91. The molecule has 2 aliphatic heterocycles. The first-order valence-corrected chi connectivity index (χ1v) is 10.6. The maximum atomic E-state index is 13.2. The Morgan fingerprint density at radius 2 is 2.04 bits per heavy atom. The number of aryl methyl sites for hydroxylation is 1. The van der Waals surface area contributed by atoms with Gasteiger partial charge in [-0.25, -0.2) is 4.98 Å². The predicted octanol–water partition coefficient (Wildman–Crippen LogP) is 3.21. The van der Waals surface area contributed by atoms with E-state index >= 15 is 0 Å². The first-order chi connectivity index (χ1) is 13.3. The summed E-state index contributed by atoms with van der Waals surface area (Å²) in [6, 6.07) is 5.57. The zero-order chi connectivity index (χ0) is 20.1. The summed E-state index contributed by atoms with van der Waals surface area (Å²) in [6.07, 6.45) is 1.91. The number of hydrogen-bond acceptors (Lipinski definition) is 5. The number of rotatable bonds is 2. The molecule has 0 aliphatic carbocycles. The van der Waals surface area contributed by atoms with Gasteiger partial charge in [-0.05, 0) is 54.8 Å². The van der Waals surface area contributed by atoms with Gasteiger partial charge < -0.3 is 15.4 Å². The van der Waals surface area contributed by atoms with Gasteiger partial charge in [0.05, 0.1) is 34.0 Å². The molecule has 4 rings (SSSR count). The van der Waals surface area contributed by atoms with Crippen LogP contribution in [0.25, 0.3) is 5.69 Å². The number of ether oxygens (including phenoxy) is 1. The van der Waals surface area contributed by atoms with E-state index in [1.807, 2.05) is 26.0 Å². The van der Waals surface area contributed by atoms with Gasteiger partial charge in [0.2, 0.25) is 0 Å². The van der Waals surface area contributed by atoms with Crippen LogP contribution in [0.3, 0.4) is 0 Å². The van der Waals surface area contributed by atoms with Crippen LogP contribution in [-0.4, -0.2) is 41.9 Å². The van der Waals surface area contributed by atoms with E-state index in [0.29, 0.717) is 33.2 Å². The number of aromatic nitrogens is 2. The molecule has 2 aliphatic rings. The van der Waals surface area contributed by atoms with Crippen LogP contribution in [0.1, 0.15) is 24.2 Å². The zero-order valence-corrected chi connectivity index (χ0v) is 18.4. The first-order valence-electron chi connectivity index (χ1n) is 9.47. The second-order valence-corrected chi connectivity index (χ2v) is 8.99. The van der Waals surface area contributed by atoms with Crippen LogP contribution >= 0.6 is 27.5 Å². The second-order valence-electron chi connectivity index (χ2n) is 7.79. The lowest BCUT2D eigenvalue weighted by atomic mass is 9.75. The van der Waals surface area contributed by atoms with E-state index in [0.717, 1.165) is 38.4 Å². The number of nitrogens with two attached hydrogens (primary N) is 1. The summed E-state index contributed by atoms with van der Waals surface area (Å²) in [7, 11) is 0. The van der Waals surface area contributed by atoms with Crippen molar-refractivity contribution in [3.8, 4) is 5.69 Å². The Hall–Kier alpha value is -1.41. The third-order valence-corrected chi connectivity index (χ3v) is 7.53. The van der Waals surface area contributed by atoms with Crippen molar-refractivity contribution in [1.29, 1.82) is 0 Å². The van der Waals surface area contributed by atoms with Gasteiger partial charge in [0.25, 0.3) is 5.56 Å². The topological polar surface area (TPSA) is 73.4 Å². The van der Waals surface area contributed by atoms with Gasteiger partial charge >= 0.3 is 0 Å². The van der Waals surface area contributed by atoms with Crippen LogP contribution < -0.4 is 16.2 Å². The maximum Gasteiger partial charge on any atom is 0.263 e. The molecule has 3 heterocycles. The molecule has 0 radical (unpaired) electrons. The van der Waals surface area contributed by atoms with Crippen molar-refractivity contribution < 1.29 is 4.74 Å². The summed E-state index contributed by atoms with van der Waals surface area (Å²) in [4.78, 5) is 20.2. The first kappa shape index (κ1) is 19.9. The SMILES string of the molecule is Cc1c(N2CCC3(CC2)COC[C@H]3N)nc(C)n(-c2cccc(Cl)c2Br)c1=O.